The summed E-state index contributed by atoms with van der Waals surface area (Å²) in [6.45, 7) is 8.58. The number of pyridine rings is 1. The first-order chi connectivity index (χ1) is 16.0. The van der Waals surface area contributed by atoms with Crippen LogP contribution in [0.4, 0.5) is 5.82 Å². The third kappa shape index (κ3) is 4.45. The van der Waals surface area contributed by atoms with E-state index in [1.165, 1.54) is 6.33 Å². The first kappa shape index (κ1) is 21.9. The fourth-order valence-electron chi connectivity index (χ4n) is 4.38. The Labute approximate surface area is 197 Å². The van der Waals surface area contributed by atoms with Gasteiger partial charge in [-0.3, -0.25) is 0 Å². The highest BCUT2D eigenvalue weighted by atomic mass is 35.5. The van der Waals surface area contributed by atoms with E-state index in [1.807, 2.05) is 25.1 Å². The number of rotatable bonds is 6. The van der Waals surface area contributed by atoms with Gasteiger partial charge in [-0.2, -0.15) is 0 Å². The maximum absolute atomic E-state index is 6.59. The summed E-state index contributed by atoms with van der Waals surface area (Å²) < 4.78 is 6.48. The van der Waals surface area contributed by atoms with Crippen LogP contribution in [-0.2, 0) is 0 Å². The number of hydrogen-bond acceptors (Lipinski definition) is 7. The van der Waals surface area contributed by atoms with Crippen molar-refractivity contribution in [2.24, 2.45) is 0 Å². The number of benzene rings is 1. The maximum atomic E-state index is 6.59. The minimum Gasteiger partial charge on any atom is -0.474 e. The van der Waals surface area contributed by atoms with E-state index in [1.54, 1.807) is 6.33 Å². The van der Waals surface area contributed by atoms with E-state index in [2.05, 4.69) is 50.1 Å². The molecule has 1 atom stereocenters. The van der Waals surface area contributed by atoms with Crippen molar-refractivity contribution in [1.29, 1.82) is 0 Å². The summed E-state index contributed by atoms with van der Waals surface area (Å²) in [5.41, 5.74) is 2.24. The van der Waals surface area contributed by atoms with Crippen LogP contribution in [0.25, 0.3) is 21.9 Å². The standard InChI is InChI=1S/C24H28ClN7O/c1-14(2)32-9-7-17(8-10-32)33-24-20-16(5-4-6-18(20)25)11-19(31-24)15(3)30-23-21-22(27-12-26-21)28-13-29-23/h4-6,11-15,17H,7-10H2,1-3H3,(H2,26,27,28,29,30)/t15-/m0/s1. The van der Waals surface area contributed by atoms with Gasteiger partial charge in [0.25, 0.3) is 0 Å². The number of imidazole rings is 1. The van der Waals surface area contributed by atoms with Crippen molar-refractivity contribution in [3.8, 4) is 5.88 Å². The second-order valence-corrected chi connectivity index (χ2v) is 9.23. The molecule has 9 heteroatoms. The van der Waals surface area contributed by atoms with Crippen molar-refractivity contribution in [3.63, 3.8) is 0 Å². The number of likely N-dealkylation sites (tertiary alicyclic amines) is 1. The second-order valence-electron chi connectivity index (χ2n) is 8.83. The molecule has 3 aromatic heterocycles. The van der Waals surface area contributed by atoms with Gasteiger partial charge in [0.2, 0.25) is 5.88 Å². The van der Waals surface area contributed by atoms with Gasteiger partial charge in [0.1, 0.15) is 17.9 Å². The van der Waals surface area contributed by atoms with Gasteiger partial charge in [-0.15, -0.1) is 0 Å². The molecule has 33 heavy (non-hydrogen) atoms. The Bertz CT molecular complexity index is 1270. The van der Waals surface area contributed by atoms with E-state index < -0.39 is 0 Å². The molecule has 0 unspecified atom stereocenters. The zero-order valence-electron chi connectivity index (χ0n) is 19.0. The normalized spacial score (nSPS) is 16.5. The zero-order valence-corrected chi connectivity index (χ0v) is 19.8. The van der Waals surface area contributed by atoms with Crippen LogP contribution in [0.5, 0.6) is 5.88 Å². The highest BCUT2D eigenvalue weighted by Crippen LogP contribution is 2.35. The zero-order chi connectivity index (χ0) is 22.9. The number of H-pyrrole nitrogens is 1. The van der Waals surface area contributed by atoms with Crippen molar-refractivity contribution in [3.05, 3.63) is 47.6 Å². The van der Waals surface area contributed by atoms with Gasteiger partial charge in [0.15, 0.2) is 11.5 Å². The third-order valence-corrected chi connectivity index (χ3v) is 6.61. The molecule has 5 rings (SSSR count). The molecule has 4 heterocycles. The summed E-state index contributed by atoms with van der Waals surface area (Å²) in [6.07, 6.45) is 5.19. The van der Waals surface area contributed by atoms with Crippen LogP contribution in [0, 0.1) is 0 Å². The molecule has 0 radical (unpaired) electrons. The fourth-order valence-corrected chi connectivity index (χ4v) is 4.64. The Balaban J connectivity index is 1.44. The lowest BCUT2D eigenvalue weighted by Crippen LogP contribution is -2.41. The van der Waals surface area contributed by atoms with Crippen molar-refractivity contribution >= 4 is 39.4 Å². The summed E-state index contributed by atoms with van der Waals surface area (Å²) >= 11 is 6.59. The largest absolute Gasteiger partial charge is 0.474 e. The minimum atomic E-state index is -0.125. The van der Waals surface area contributed by atoms with E-state index in [0.29, 0.717) is 28.4 Å². The summed E-state index contributed by atoms with van der Waals surface area (Å²) in [7, 11) is 0. The molecule has 0 saturated carbocycles. The van der Waals surface area contributed by atoms with Gasteiger partial charge in [-0.05, 0) is 51.1 Å². The Kier molecular flexibility index (Phi) is 6.03. The van der Waals surface area contributed by atoms with Crippen molar-refractivity contribution in [2.75, 3.05) is 18.4 Å². The first-order valence-electron chi connectivity index (χ1n) is 11.4. The summed E-state index contributed by atoms with van der Waals surface area (Å²) in [6, 6.07) is 8.37. The fraction of sp³-hybridized carbons (Fsp3) is 0.417. The van der Waals surface area contributed by atoms with Gasteiger partial charge in [-0.25, -0.2) is 19.9 Å². The molecular weight excluding hydrogens is 438 g/mol. The molecule has 1 saturated heterocycles. The van der Waals surface area contributed by atoms with Crippen LogP contribution < -0.4 is 10.1 Å². The van der Waals surface area contributed by atoms with Gasteiger partial charge >= 0.3 is 0 Å². The van der Waals surface area contributed by atoms with Gasteiger partial charge < -0.3 is 19.9 Å². The van der Waals surface area contributed by atoms with Crippen molar-refractivity contribution < 1.29 is 4.74 Å². The molecular formula is C24H28ClN7O. The Morgan fingerprint density at radius 3 is 2.76 bits per heavy atom. The number of nitrogens with zero attached hydrogens (tertiary/aromatic N) is 5. The predicted molar refractivity (Wildman–Crippen MR) is 131 cm³/mol. The second kappa shape index (κ2) is 9.11. The van der Waals surface area contributed by atoms with Crippen molar-refractivity contribution in [1.82, 2.24) is 29.8 Å². The van der Waals surface area contributed by atoms with Crippen LogP contribution in [0.3, 0.4) is 0 Å². The molecule has 4 aromatic rings. The molecule has 1 fully saturated rings. The molecule has 0 amide bonds. The average molecular weight is 466 g/mol. The molecule has 8 nitrogen and oxygen atoms in total. The number of fused-ring (bicyclic) bond motifs is 2. The smallest absolute Gasteiger partial charge is 0.223 e. The third-order valence-electron chi connectivity index (χ3n) is 6.30. The number of hydrogen-bond donors (Lipinski definition) is 2. The van der Waals surface area contributed by atoms with Gasteiger partial charge in [0.05, 0.1) is 28.5 Å². The van der Waals surface area contributed by atoms with E-state index in [9.17, 15) is 0 Å². The first-order valence-corrected chi connectivity index (χ1v) is 11.8. The summed E-state index contributed by atoms with van der Waals surface area (Å²) in [5.74, 6) is 1.28. The molecule has 0 aliphatic carbocycles. The SMILES string of the molecule is CC(C)N1CCC(Oc2nc([C@H](C)Nc3ncnc4nc[nH]c34)cc3cccc(Cl)c23)CC1. The minimum absolute atomic E-state index is 0.122. The Morgan fingerprint density at radius 2 is 1.97 bits per heavy atom. The highest BCUT2D eigenvalue weighted by Gasteiger charge is 2.24. The number of aromatic amines is 1. The molecule has 172 valence electrons. The number of halogens is 1. The topological polar surface area (TPSA) is 91.8 Å². The number of ether oxygens (including phenoxy) is 1. The van der Waals surface area contributed by atoms with Crippen LogP contribution >= 0.6 is 11.6 Å². The van der Waals surface area contributed by atoms with Crippen LogP contribution in [0.1, 0.15) is 45.3 Å². The summed E-state index contributed by atoms with van der Waals surface area (Å²) in [4.78, 5) is 23.3. The average Bonchev–Trinajstić information content (AvgIpc) is 3.29. The Morgan fingerprint density at radius 1 is 1.15 bits per heavy atom. The molecule has 2 N–H and O–H groups in total. The van der Waals surface area contributed by atoms with Gasteiger partial charge in [0, 0.05) is 19.1 Å². The van der Waals surface area contributed by atoms with Crippen LogP contribution in [0.15, 0.2) is 36.9 Å². The lowest BCUT2D eigenvalue weighted by molar-refractivity contribution is 0.0822. The maximum Gasteiger partial charge on any atom is 0.223 e. The van der Waals surface area contributed by atoms with E-state index in [-0.39, 0.29) is 12.1 Å². The lowest BCUT2D eigenvalue weighted by atomic mass is 10.1. The van der Waals surface area contributed by atoms with E-state index >= 15 is 0 Å². The monoisotopic (exact) mass is 465 g/mol. The number of piperidine rings is 1. The van der Waals surface area contributed by atoms with E-state index in [0.717, 1.165) is 47.9 Å². The molecule has 1 aliphatic heterocycles. The van der Waals surface area contributed by atoms with E-state index in [4.69, 9.17) is 21.3 Å². The summed E-state index contributed by atoms with van der Waals surface area (Å²) in [5, 5.41) is 5.95. The molecule has 0 bridgehead atoms. The highest BCUT2D eigenvalue weighted by molar-refractivity contribution is 6.36. The Hall–Kier alpha value is -2.97. The van der Waals surface area contributed by atoms with Crippen molar-refractivity contribution in [2.45, 2.75) is 51.8 Å². The molecule has 1 aliphatic rings. The molecule has 0 spiro atoms. The number of nitrogens with one attached hydrogen (secondary N) is 2. The van der Waals surface area contributed by atoms with Crippen LogP contribution in [0.2, 0.25) is 5.02 Å². The van der Waals surface area contributed by atoms with Gasteiger partial charge in [-0.1, -0.05) is 23.7 Å². The quantitative estimate of drug-likeness (QED) is 0.415. The predicted octanol–water partition coefficient (Wildman–Crippen LogP) is 4.98. The van der Waals surface area contributed by atoms with Crippen LogP contribution in [-0.4, -0.2) is 55.1 Å². The lowest BCUT2D eigenvalue weighted by Gasteiger charge is -2.34. The number of aromatic nitrogens is 5. The molecule has 1 aromatic carbocycles. The number of anilines is 1.